The third-order valence-electron chi connectivity index (χ3n) is 4.51. The minimum atomic E-state index is -0.123. The fourth-order valence-electron chi connectivity index (χ4n) is 3.05. The fraction of sp³-hybridized carbons (Fsp3) is 0.350. The number of fused-ring (bicyclic) bond motifs is 3. The molecule has 0 saturated heterocycles. The molecule has 1 aliphatic heterocycles. The Hall–Kier alpha value is -2.59. The van der Waals surface area contributed by atoms with Gasteiger partial charge in [-0.05, 0) is 46.3 Å². The molecule has 3 aromatic rings. The molecule has 0 saturated carbocycles. The van der Waals surface area contributed by atoms with Crippen molar-refractivity contribution >= 4 is 27.0 Å². The lowest BCUT2D eigenvalue weighted by Gasteiger charge is -2.19. The lowest BCUT2D eigenvalue weighted by atomic mass is 9.92. The maximum absolute atomic E-state index is 9.01. The van der Waals surface area contributed by atoms with Gasteiger partial charge < -0.3 is 9.47 Å². The Kier molecular flexibility index (Phi) is 4.31. The highest BCUT2D eigenvalue weighted by molar-refractivity contribution is 9.10. The van der Waals surface area contributed by atoms with Gasteiger partial charge in [-0.15, -0.1) is 0 Å². The van der Waals surface area contributed by atoms with Crippen LogP contribution in [0.25, 0.3) is 11.0 Å². The standard InChI is InChI=1S/C20H19BrN4O2/c1-20(2,3)17-7-6-16(18(21)24-17)26-11-13-10-25-15-5-4-12(9-22)8-14(15)23-19(25)27-13/h4-8,13H,10-11H2,1-3H3/t13-/m0/s1. The Morgan fingerprint density at radius 3 is 2.81 bits per heavy atom. The van der Waals surface area contributed by atoms with Gasteiger partial charge in [0, 0.05) is 11.1 Å². The summed E-state index contributed by atoms with van der Waals surface area (Å²) in [6, 6.07) is 12.1. The second kappa shape index (κ2) is 6.54. The van der Waals surface area contributed by atoms with Gasteiger partial charge in [0.25, 0.3) is 6.01 Å². The molecule has 2 aromatic heterocycles. The zero-order chi connectivity index (χ0) is 19.2. The molecule has 27 heavy (non-hydrogen) atoms. The Morgan fingerprint density at radius 1 is 1.30 bits per heavy atom. The lowest BCUT2D eigenvalue weighted by Crippen LogP contribution is -2.24. The SMILES string of the molecule is CC(C)(C)c1ccc(OC[C@@H]2Cn3c(nc4cc(C#N)ccc43)O2)c(Br)n1. The number of pyridine rings is 1. The topological polar surface area (TPSA) is 73.0 Å². The van der Waals surface area contributed by atoms with Crippen molar-refractivity contribution in [3.05, 3.63) is 46.2 Å². The molecular formula is C20H19BrN4O2. The van der Waals surface area contributed by atoms with Gasteiger partial charge >= 0.3 is 0 Å². The van der Waals surface area contributed by atoms with E-state index in [1.54, 1.807) is 12.1 Å². The van der Waals surface area contributed by atoms with Crippen LogP contribution in [0.15, 0.2) is 34.9 Å². The predicted octanol–water partition coefficient (Wildman–Crippen LogP) is 4.20. The van der Waals surface area contributed by atoms with Crippen LogP contribution in [0.3, 0.4) is 0 Å². The molecule has 0 N–H and O–H groups in total. The van der Waals surface area contributed by atoms with Crippen LogP contribution in [0.5, 0.6) is 11.8 Å². The monoisotopic (exact) mass is 426 g/mol. The first kappa shape index (κ1) is 17.8. The van der Waals surface area contributed by atoms with Crippen LogP contribution in [0.2, 0.25) is 0 Å². The highest BCUT2D eigenvalue weighted by atomic mass is 79.9. The van der Waals surface area contributed by atoms with Crippen LogP contribution in [0.1, 0.15) is 32.0 Å². The van der Waals surface area contributed by atoms with Crippen molar-refractivity contribution < 1.29 is 9.47 Å². The molecule has 3 heterocycles. The van der Waals surface area contributed by atoms with E-state index in [9.17, 15) is 0 Å². The molecule has 0 radical (unpaired) electrons. The van der Waals surface area contributed by atoms with E-state index in [0.717, 1.165) is 16.7 Å². The second-order valence-electron chi connectivity index (χ2n) is 7.61. The van der Waals surface area contributed by atoms with Crippen LogP contribution in [0, 0.1) is 11.3 Å². The predicted molar refractivity (Wildman–Crippen MR) is 105 cm³/mol. The van der Waals surface area contributed by atoms with Crippen LogP contribution >= 0.6 is 15.9 Å². The first-order valence-electron chi connectivity index (χ1n) is 8.72. The summed E-state index contributed by atoms with van der Waals surface area (Å²) < 4.78 is 14.5. The van der Waals surface area contributed by atoms with E-state index in [-0.39, 0.29) is 11.5 Å². The minimum Gasteiger partial charge on any atom is -0.487 e. The number of halogens is 1. The van der Waals surface area contributed by atoms with Crippen molar-refractivity contribution in [3.63, 3.8) is 0 Å². The zero-order valence-corrected chi connectivity index (χ0v) is 16.9. The van der Waals surface area contributed by atoms with Crippen molar-refractivity contribution in [2.24, 2.45) is 0 Å². The molecule has 0 bridgehead atoms. The van der Waals surface area contributed by atoms with Crippen molar-refractivity contribution in [2.75, 3.05) is 6.61 Å². The molecule has 1 aliphatic rings. The molecule has 0 amide bonds. The fourth-order valence-corrected chi connectivity index (χ4v) is 3.49. The molecule has 0 spiro atoms. The number of ether oxygens (including phenoxy) is 2. The highest BCUT2D eigenvalue weighted by Crippen LogP contribution is 2.31. The van der Waals surface area contributed by atoms with E-state index < -0.39 is 0 Å². The first-order valence-corrected chi connectivity index (χ1v) is 9.51. The van der Waals surface area contributed by atoms with Crippen molar-refractivity contribution in [1.82, 2.24) is 14.5 Å². The maximum Gasteiger partial charge on any atom is 0.297 e. The second-order valence-corrected chi connectivity index (χ2v) is 8.36. The number of rotatable bonds is 3. The Bertz CT molecular complexity index is 1060. The van der Waals surface area contributed by atoms with Gasteiger partial charge in [0.2, 0.25) is 0 Å². The summed E-state index contributed by atoms with van der Waals surface area (Å²) in [5.41, 5.74) is 3.31. The number of nitrogens with zero attached hydrogens (tertiary/aromatic N) is 4. The van der Waals surface area contributed by atoms with E-state index >= 15 is 0 Å². The van der Waals surface area contributed by atoms with Crippen molar-refractivity contribution in [3.8, 4) is 17.8 Å². The number of nitriles is 1. The highest BCUT2D eigenvalue weighted by Gasteiger charge is 2.27. The lowest BCUT2D eigenvalue weighted by molar-refractivity contribution is 0.143. The molecule has 0 fully saturated rings. The van der Waals surface area contributed by atoms with Gasteiger partial charge in [0.1, 0.15) is 11.2 Å². The number of aromatic nitrogens is 3. The number of hydrogen-bond acceptors (Lipinski definition) is 5. The summed E-state index contributed by atoms with van der Waals surface area (Å²) in [5, 5.41) is 9.01. The summed E-state index contributed by atoms with van der Waals surface area (Å²) in [6.45, 7) is 7.43. The van der Waals surface area contributed by atoms with Crippen molar-refractivity contribution in [2.45, 2.75) is 38.8 Å². The van der Waals surface area contributed by atoms with Gasteiger partial charge in [-0.3, -0.25) is 4.57 Å². The van der Waals surface area contributed by atoms with E-state index in [2.05, 4.69) is 52.7 Å². The van der Waals surface area contributed by atoms with Gasteiger partial charge in [0.05, 0.1) is 29.2 Å². The van der Waals surface area contributed by atoms with Crippen LogP contribution in [0.4, 0.5) is 0 Å². The third kappa shape index (κ3) is 3.37. The van der Waals surface area contributed by atoms with Gasteiger partial charge in [-0.25, -0.2) is 4.98 Å². The maximum atomic E-state index is 9.01. The van der Waals surface area contributed by atoms with Gasteiger partial charge in [-0.1, -0.05) is 20.8 Å². The molecule has 7 heteroatoms. The van der Waals surface area contributed by atoms with E-state index in [1.165, 1.54) is 0 Å². The first-order chi connectivity index (χ1) is 12.8. The number of imidazole rings is 1. The molecule has 0 aliphatic carbocycles. The van der Waals surface area contributed by atoms with Crippen LogP contribution in [-0.4, -0.2) is 27.2 Å². The summed E-state index contributed by atoms with van der Waals surface area (Å²) in [5.74, 6) is 0.694. The average molecular weight is 427 g/mol. The van der Waals surface area contributed by atoms with E-state index in [1.807, 2.05) is 22.8 Å². The minimum absolute atomic E-state index is 0.0166. The molecule has 4 rings (SSSR count). The van der Waals surface area contributed by atoms with Crippen LogP contribution < -0.4 is 9.47 Å². The van der Waals surface area contributed by atoms with Gasteiger partial charge in [-0.2, -0.15) is 10.2 Å². The molecule has 0 unspecified atom stereocenters. The summed E-state index contributed by atoms with van der Waals surface area (Å²) in [6.07, 6.45) is -0.123. The molecule has 1 aromatic carbocycles. The average Bonchev–Trinajstić information content (AvgIpc) is 3.16. The third-order valence-corrected chi connectivity index (χ3v) is 5.08. The Labute approximate surface area is 165 Å². The summed E-state index contributed by atoms with van der Waals surface area (Å²) >= 11 is 3.50. The quantitative estimate of drug-likeness (QED) is 0.586. The summed E-state index contributed by atoms with van der Waals surface area (Å²) in [7, 11) is 0. The number of hydrogen-bond donors (Lipinski definition) is 0. The number of benzene rings is 1. The zero-order valence-electron chi connectivity index (χ0n) is 15.4. The van der Waals surface area contributed by atoms with Crippen molar-refractivity contribution in [1.29, 1.82) is 5.26 Å². The molecule has 138 valence electrons. The molecule has 6 nitrogen and oxygen atoms in total. The Balaban J connectivity index is 1.45. The molecular weight excluding hydrogens is 408 g/mol. The summed E-state index contributed by atoms with van der Waals surface area (Å²) in [4.78, 5) is 9.06. The molecule has 1 atom stereocenters. The largest absolute Gasteiger partial charge is 0.487 e. The van der Waals surface area contributed by atoms with Gasteiger partial charge in [0.15, 0.2) is 11.9 Å². The van der Waals surface area contributed by atoms with Crippen LogP contribution in [-0.2, 0) is 12.0 Å². The van der Waals surface area contributed by atoms with E-state index in [4.69, 9.17) is 14.7 Å². The Morgan fingerprint density at radius 2 is 2.11 bits per heavy atom. The normalized spacial score (nSPS) is 16.0. The smallest absolute Gasteiger partial charge is 0.297 e. The van der Waals surface area contributed by atoms with E-state index in [0.29, 0.717) is 35.1 Å².